The van der Waals surface area contributed by atoms with Gasteiger partial charge < -0.3 is 13.7 Å². The molecular formula is C28H30ClNO4. The second-order valence-electron chi connectivity index (χ2n) is 8.83. The van der Waals surface area contributed by atoms with Gasteiger partial charge in [0.25, 0.3) is 0 Å². The topological polar surface area (TPSA) is 61.4 Å². The Kier molecular flexibility index (Phi) is 7.13. The summed E-state index contributed by atoms with van der Waals surface area (Å²) in [6.07, 6.45) is 5.04. The molecule has 4 rings (SSSR count). The van der Waals surface area contributed by atoms with E-state index in [1.165, 1.54) is 0 Å². The van der Waals surface area contributed by atoms with E-state index in [1.54, 1.807) is 12.1 Å². The van der Waals surface area contributed by atoms with Crippen LogP contribution in [0.5, 0.6) is 5.75 Å². The molecule has 0 saturated carbocycles. The molecule has 2 heterocycles. The van der Waals surface area contributed by atoms with Crippen LogP contribution in [0.15, 0.2) is 45.6 Å². The third-order valence-corrected chi connectivity index (χ3v) is 6.95. The van der Waals surface area contributed by atoms with Crippen molar-refractivity contribution >= 4 is 39.3 Å². The third kappa shape index (κ3) is 4.49. The number of fused-ring (bicyclic) bond motifs is 2. The number of halogens is 1. The van der Waals surface area contributed by atoms with Crippen molar-refractivity contribution in [1.29, 1.82) is 0 Å². The number of rotatable bonds is 9. The summed E-state index contributed by atoms with van der Waals surface area (Å²) in [6, 6.07) is 11.2. The van der Waals surface area contributed by atoms with Crippen LogP contribution >= 0.6 is 11.6 Å². The van der Waals surface area contributed by atoms with Gasteiger partial charge in [0.1, 0.15) is 11.3 Å². The molecule has 0 fully saturated rings. The molecule has 4 aromatic rings. The van der Waals surface area contributed by atoms with E-state index >= 15 is 0 Å². The van der Waals surface area contributed by atoms with E-state index in [4.69, 9.17) is 20.8 Å². The molecular weight excluding hydrogens is 450 g/mol. The fourth-order valence-corrected chi connectivity index (χ4v) is 4.82. The number of benzene rings is 2. The van der Waals surface area contributed by atoms with Gasteiger partial charge in [-0.3, -0.25) is 4.79 Å². The van der Waals surface area contributed by atoms with Crippen LogP contribution in [0.3, 0.4) is 0 Å². The summed E-state index contributed by atoms with van der Waals surface area (Å²) in [5.41, 5.74) is 4.20. The SMILES string of the molecule is CCCCCCc1c(C)c2cc(Cl)c(OCC(=O)c3c(C)n(C)c4ccccc34)cc2oc1=O. The molecule has 0 amide bonds. The highest BCUT2D eigenvalue weighted by Gasteiger charge is 2.20. The van der Waals surface area contributed by atoms with Gasteiger partial charge in [-0.25, -0.2) is 4.79 Å². The molecule has 0 radical (unpaired) electrons. The fraction of sp³-hybridized carbons (Fsp3) is 0.357. The lowest BCUT2D eigenvalue weighted by Crippen LogP contribution is -2.13. The van der Waals surface area contributed by atoms with Gasteiger partial charge in [0, 0.05) is 46.2 Å². The van der Waals surface area contributed by atoms with Gasteiger partial charge in [-0.05, 0) is 44.4 Å². The van der Waals surface area contributed by atoms with Crippen LogP contribution < -0.4 is 10.4 Å². The molecule has 0 N–H and O–H groups in total. The van der Waals surface area contributed by atoms with Crippen LogP contribution in [0, 0.1) is 13.8 Å². The number of ketones is 1. The lowest BCUT2D eigenvalue weighted by atomic mass is 10.0. The van der Waals surface area contributed by atoms with Gasteiger partial charge in [0.2, 0.25) is 5.78 Å². The van der Waals surface area contributed by atoms with Gasteiger partial charge in [-0.2, -0.15) is 0 Å². The Bertz CT molecular complexity index is 1430. The fourth-order valence-electron chi connectivity index (χ4n) is 4.61. The summed E-state index contributed by atoms with van der Waals surface area (Å²) < 4.78 is 13.4. The monoisotopic (exact) mass is 479 g/mol. The second-order valence-corrected chi connectivity index (χ2v) is 9.24. The van der Waals surface area contributed by atoms with Crippen LogP contribution in [0.4, 0.5) is 0 Å². The number of aromatic nitrogens is 1. The predicted octanol–water partition coefficient (Wildman–Crippen LogP) is 6.94. The van der Waals surface area contributed by atoms with Crippen LogP contribution in [0.2, 0.25) is 5.02 Å². The summed E-state index contributed by atoms with van der Waals surface area (Å²) >= 11 is 6.51. The molecule has 178 valence electrons. The number of nitrogens with zero attached hydrogens (tertiary/aromatic N) is 1. The molecule has 0 spiro atoms. The molecule has 2 aromatic carbocycles. The Labute approximate surface area is 204 Å². The Hall–Kier alpha value is -3.05. The minimum atomic E-state index is -0.322. The number of ether oxygens (including phenoxy) is 1. The molecule has 0 saturated heterocycles. The summed E-state index contributed by atoms with van der Waals surface area (Å²) in [6.45, 7) is 5.85. The van der Waals surface area contributed by atoms with E-state index in [-0.39, 0.29) is 18.0 Å². The van der Waals surface area contributed by atoms with Gasteiger partial charge in [-0.1, -0.05) is 56.0 Å². The molecule has 5 nitrogen and oxygen atoms in total. The van der Waals surface area contributed by atoms with E-state index in [0.717, 1.165) is 53.2 Å². The number of hydrogen-bond donors (Lipinski definition) is 0. The van der Waals surface area contributed by atoms with E-state index in [1.807, 2.05) is 49.7 Å². The van der Waals surface area contributed by atoms with Crippen LogP contribution in [-0.2, 0) is 13.5 Å². The zero-order valence-corrected chi connectivity index (χ0v) is 20.9. The summed E-state index contributed by atoms with van der Waals surface area (Å²) in [4.78, 5) is 25.7. The summed E-state index contributed by atoms with van der Waals surface area (Å²) in [5, 5.41) is 2.07. The number of hydrogen-bond acceptors (Lipinski definition) is 4. The number of aryl methyl sites for hydroxylation is 2. The minimum Gasteiger partial charge on any atom is -0.484 e. The van der Waals surface area contributed by atoms with Crippen molar-refractivity contribution in [2.45, 2.75) is 52.9 Å². The second kappa shape index (κ2) is 10.1. The van der Waals surface area contributed by atoms with Crippen molar-refractivity contribution in [2.75, 3.05) is 6.61 Å². The highest BCUT2D eigenvalue weighted by molar-refractivity contribution is 6.32. The van der Waals surface area contributed by atoms with Crippen molar-refractivity contribution < 1.29 is 13.9 Å². The zero-order chi connectivity index (χ0) is 24.4. The van der Waals surface area contributed by atoms with E-state index in [2.05, 4.69) is 6.92 Å². The number of Topliss-reactive ketones (excluding diaryl/α,β-unsaturated/α-hetero) is 1. The Balaban J connectivity index is 1.59. The maximum Gasteiger partial charge on any atom is 0.339 e. The zero-order valence-electron chi connectivity index (χ0n) is 20.2. The van der Waals surface area contributed by atoms with Gasteiger partial charge >= 0.3 is 5.63 Å². The van der Waals surface area contributed by atoms with Gasteiger partial charge in [0.15, 0.2) is 6.61 Å². The number of carbonyl (C=O) groups excluding carboxylic acids is 1. The number of unbranched alkanes of at least 4 members (excludes halogenated alkanes) is 3. The normalized spacial score (nSPS) is 11.4. The maximum atomic E-state index is 13.1. The first-order chi connectivity index (χ1) is 16.3. The maximum absolute atomic E-state index is 13.1. The van der Waals surface area contributed by atoms with Crippen LogP contribution in [0.25, 0.3) is 21.9 Å². The smallest absolute Gasteiger partial charge is 0.339 e. The van der Waals surface area contributed by atoms with Crippen LogP contribution in [0.1, 0.15) is 59.8 Å². The standard InChI is InChI=1S/C28H30ClNO4/c1-5-6-7-8-11-19-17(2)21-14-22(29)26(15-25(21)34-28(19)32)33-16-24(31)27-18(3)30(4)23-13-10-9-12-20(23)27/h9-10,12-15H,5-8,11,16H2,1-4H3. The van der Waals surface area contributed by atoms with Crippen molar-refractivity contribution in [3.05, 3.63) is 74.2 Å². The average molecular weight is 480 g/mol. The van der Waals surface area contributed by atoms with Crippen LogP contribution in [-0.4, -0.2) is 17.0 Å². The highest BCUT2D eigenvalue weighted by Crippen LogP contribution is 2.33. The molecule has 0 bridgehead atoms. The lowest BCUT2D eigenvalue weighted by Gasteiger charge is -2.12. The molecule has 0 unspecified atom stereocenters. The number of para-hydroxylation sites is 1. The molecule has 0 aliphatic heterocycles. The molecule has 0 atom stereocenters. The Morgan fingerprint density at radius 2 is 1.85 bits per heavy atom. The predicted molar refractivity (Wildman–Crippen MR) is 138 cm³/mol. The molecule has 34 heavy (non-hydrogen) atoms. The first-order valence-electron chi connectivity index (χ1n) is 11.8. The van der Waals surface area contributed by atoms with Gasteiger partial charge in [0.05, 0.1) is 5.02 Å². The first-order valence-corrected chi connectivity index (χ1v) is 12.2. The minimum absolute atomic E-state index is 0.134. The van der Waals surface area contributed by atoms with Crippen molar-refractivity contribution in [1.82, 2.24) is 4.57 Å². The Morgan fingerprint density at radius 1 is 1.09 bits per heavy atom. The first kappa shape index (κ1) is 24.1. The quantitative estimate of drug-likeness (QED) is 0.148. The van der Waals surface area contributed by atoms with Crippen molar-refractivity contribution in [3.8, 4) is 5.75 Å². The summed E-state index contributed by atoms with van der Waals surface area (Å²) in [7, 11) is 1.94. The number of carbonyl (C=O) groups is 1. The van der Waals surface area contributed by atoms with E-state index in [9.17, 15) is 9.59 Å². The van der Waals surface area contributed by atoms with E-state index < -0.39 is 0 Å². The third-order valence-electron chi connectivity index (χ3n) is 6.66. The highest BCUT2D eigenvalue weighted by atomic mass is 35.5. The molecule has 0 aliphatic rings. The molecule has 6 heteroatoms. The Morgan fingerprint density at radius 3 is 2.62 bits per heavy atom. The van der Waals surface area contributed by atoms with Crippen molar-refractivity contribution in [2.24, 2.45) is 7.05 Å². The average Bonchev–Trinajstić information content (AvgIpc) is 3.08. The van der Waals surface area contributed by atoms with E-state index in [0.29, 0.717) is 33.9 Å². The molecule has 0 aliphatic carbocycles. The van der Waals surface area contributed by atoms with Crippen molar-refractivity contribution in [3.63, 3.8) is 0 Å². The largest absolute Gasteiger partial charge is 0.484 e. The van der Waals surface area contributed by atoms with Gasteiger partial charge in [-0.15, -0.1) is 0 Å². The summed E-state index contributed by atoms with van der Waals surface area (Å²) in [5.74, 6) is 0.184. The lowest BCUT2D eigenvalue weighted by molar-refractivity contribution is 0.0922. The molecule has 2 aromatic heterocycles.